The molecule has 4 saturated carbocycles. The number of piperidine rings is 1. The zero-order valence-electron chi connectivity index (χ0n) is 35.9. The maximum absolute atomic E-state index is 13.4. The number of benzene rings is 3. The summed E-state index contributed by atoms with van der Waals surface area (Å²) in [6, 6.07) is 20.7. The molecule has 1 saturated heterocycles. The average molecular weight is 817 g/mol. The fourth-order valence-electron chi connectivity index (χ4n) is 13.4. The van der Waals surface area contributed by atoms with Crippen molar-refractivity contribution in [2.75, 3.05) is 51.9 Å². The van der Waals surface area contributed by atoms with E-state index < -0.39 is 17.9 Å². The first-order valence-electron chi connectivity index (χ1n) is 23.0. The Labute approximate surface area is 355 Å². The molecule has 2 aliphatic heterocycles. The lowest BCUT2D eigenvalue weighted by Gasteiger charge is -2.61. The van der Waals surface area contributed by atoms with Crippen LogP contribution in [0.3, 0.4) is 0 Å². The first-order valence-corrected chi connectivity index (χ1v) is 23.0. The summed E-state index contributed by atoms with van der Waals surface area (Å²) in [5.41, 5.74) is 3.49. The zero-order chi connectivity index (χ0) is 41.6. The molecule has 0 aromatic heterocycles. The Hall–Kier alpha value is -4.28. The van der Waals surface area contributed by atoms with Crippen molar-refractivity contribution >= 4 is 40.1 Å². The van der Waals surface area contributed by atoms with E-state index in [4.69, 9.17) is 9.47 Å². The summed E-state index contributed by atoms with van der Waals surface area (Å²) in [5.74, 6) is 2.80. The molecule has 2 heterocycles. The van der Waals surface area contributed by atoms with Gasteiger partial charge in [0.25, 0.3) is 11.8 Å². The van der Waals surface area contributed by atoms with Crippen LogP contribution in [0.5, 0.6) is 0 Å². The number of ether oxygens (including phenoxy) is 2. The Morgan fingerprint density at radius 2 is 1.60 bits per heavy atom. The van der Waals surface area contributed by atoms with Crippen molar-refractivity contribution in [3.05, 3.63) is 77.4 Å². The standard InChI is InChI=1S/C50H64N4O6/c1-49-22-19-36(31-35(49)15-16-37-40-18-17-39(50(40,2)23-20-41(37)49)34-14-13-32-8-4-5-9-33(32)30-34)53(3)44(55)21-26-59-28-29-60-27-25-51-42-11-6-10-38-45(42)48(58)54(47(38)57)43-12-7-24-52-46(43)56/h4-6,8-11,13-14,30,35-37,39-41,43,51H,7,12,15-29,31H2,1-3H3,(H,52,56)/t35-,36-,37?,39+,40-,41?,43?,49-,50+/m0/s1. The summed E-state index contributed by atoms with van der Waals surface area (Å²) in [7, 11) is 2.00. The number of carbonyl (C=O) groups is 4. The van der Waals surface area contributed by atoms with Gasteiger partial charge in [-0.15, -0.1) is 0 Å². The van der Waals surface area contributed by atoms with E-state index >= 15 is 0 Å². The SMILES string of the molecule is CN(C(=O)CCOCCOCCNc1cccc2c1C(=O)N(C1CCCNC1=O)C2=O)[C@H]1CC[C@]2(C)C3CC[C@]4(C)[C@@H](c5ccc6ccccc6c5)CC[C@H]4C3CC[C@H]2C1. The highest BCUT2D eigenvalue weighted by Crippen LogP contribution is 2.69. The summed E-state index contributed by atoms with van der Waals surface area (Å²) in [6.45, 7) is 7.77. The number of amides is 4. The van der Waals surface area contributed by atoms with Crippen molar-refractivity contribution in [1.29, 1.82) is 0 Å². The first kappa shape index (κ1) is 41.1. The van der Waals surface area contributed by atoms with Crippen molar-refractivity contribution in [2.24, 2.45) is 34.5 Å². The maximum Gasteiger partial charge on any atom is 0.264 e. The fraction of sp³-hybridized carbons (Fsp3) is 0.600. The number of carbonyl (C=O) groups excluding carboxylic acids is 4. The molecular formula is C50H64N4O6. The largest absolute Gasteiger partial charge is 0.382 e. The van der Waals surface area contributed by atoms with E-state index in [9.17, 15) is 19.2 Å². The van der Waals surface area contributed by atoms with Crippen LogP contribution in [-0.2, 0) is 19.1 Å². The third-order valence-corrected chi connectivity index (χ3v) is 16.7. The van der Waals surface area contributed by atoms with E-state index in [1.165, 1.54) is 55.7 Å². The van der Waals surface area contributed by atoms with Crippen molar-refractivity contribution in [2.45, 2.75) is 109 Å². The molecule has 320 valence electrons. The predicted molar refractivity (Wildman–Crippen MR) is 233 cm³/mol. The molecule has 9 rings (SSSR count). The van der Waals surface area contributed by atoms with Crippen molar-refractivity contribution in [3.8, 4) is 0 Å². The molecule has 4 amide bonds. The van der Waals surface area contributed by atoms with Gasteiger partial charge in [-0.05, 0) is 140 Å². The molecule has 5 fully saturated rings. The minimum Gasteiger partial charge on any atom is -0.382 e. The molecule has 4 aliphatic carbocycles. The second-order valence-electron chi connectivity index (χ2n) is 19.4. The highest BCUT2D eigenvalue weighted by molar-refractivity contribution is 6.25. The molecule has 9 atom stereocenters. The van der Waals surface area contributed by atoms with Gasteiger partial charge in [0.2, 0.25) is 11.8 Å². The van der Waals surface area contributed by atoms with Gasteiger partial charge in [-0.2, -0.15) is 0 Å². The summed E-state index contributed by atoms with van der Waals surface area (Å²) in [6.07, 6.45) is 13.0. The van der Waals surface area contributed by atoms with Crippen molar-refractivity contribution < 1.29 is 28.7 Å². The molecule has 10 heteroatoms. The van der Waals surface area contributed by atoms with E-state index in [0.29, 0.717) is 97.9 Å². The lowest BCUT2D eigenvalue weighted by atomic mass is 9.44. The highest BCUT2D eigenvalue weighted by atomic mass is 16.5. The quantitative estimate of drug-likeness (QED) is 0.132. The third-order valence-electron chi connectivity index (χ3n) is 16.7. The minimum atomic E-state index is -0.774. The first-order chi connectivity index (χ1) is 29.1. The third kappa shape index (κ3) is 7.33. The number of anilines is 1. The number of fused-ring (bicyclic) bond motifs is 7. The molecule has 60 heavy (non-hydrogen) atoms. The summed E-state index contributed by atoms with van der Waals surface area (Å²) >= 11 is 0. The molecule has 3 aromatic carbocycles. The Balaban J connectivity index is 0.691. The molecular weight excluding hydrogens is 753 g/mol. The van der Waals surface area contributed by atoms with Gasteiger partial charge in [0.05, 0.1) is 44.0 Å². The van der Waals surface area contributed by atoms with Crippen LogP contribution in [0.2, 0.25) is 0 Å². The molecule has 6 aliphatic rings. The van der Waals surface area contributed by atoms with E-state index in [1.807, 2.05) is 11.9 Å². The Kier molecular flexibility index (Phi) is 11.6. The van der Waals surface area contributed by atoms with Crippen LogP contribution in [0.1, 0.15) is 123 Å². The van der Waals surface area contributed by atoms with Gasteiger partial charge in [0.15, 0.2) is 0 Å². The monoisotopic (exact) mass is 816 g/mol. The van der Waals surface area contributed by atoms with Gasteiger partial charge in [0, 0.05) is 31.9 Å². The van der Waals surface area contributed by atoms with Crippen LogP contribution in [0.25, 0.3) is 10.8 Å². The smallest absolute Gasteiger partial charge is 0.264 e. The van der Waals surface area contributed by atoms with Gasteiger partial charge in [0.1, 0.15) is 6.04 Å². The molecule has 0 bridgehead atoms. The Morgan fingerprint density at radius 3 is 2.43 bits per heavy atom. The number of hydrogen-bond donors (Lipinski definition) is 2. The number of rotatable bonds is 13. The Bertz CT molecular complexity index is 2120. The van der Waals surface area contributed by atoms with E-state index in [-0.39, 0.29) is 11.8 Å². The zero-order valence-corrected chi connectivity index (χ0v) is 35.9. The molecule has 10 nitrogen and oxygen atoms in total. The Morgan fingerprint density at radius 1 is 0.817 bits per heavy atom. The van der Waals surface area contributed by atoms with Crippen LogP contribution < -0.4 is 10.6 Å². The lowest BCUT2D eigenvalue weighted by Crippen LogP contribution is -2.55. The lowest BCUT2D eigenvalue weighted by molar-refractivity contribution is -0.140. The van der Waals surface area contributed by atoms with Crippen LogP contribution in [0, 0.1) is 34.5 Å². The second-order valence-corrected chi connectivity index (χ2v) is 19.4. The fourth-order valence-corrected chi connectivity index (χ4v) is 13.4. The summed E-state index contributed by atoms with van der Waals surface area (Å²) < 4.78 is 11.6. The number of hydrogen-bond acceptors (Lipinski definition) is 7. The molecule has 0 radical (unpaired) electrons. The van der Waals surface area contributed by atoms with E-state index in [1.54, 1.807) is 23.8 Å². The molecule has 3 aromatic rings. The predicted octanol–water partition coefficient (Wildman–Crippen LogP) is 8.20. The average Bonchev–Trinajstić information content (AvgIpc) is 3.75. The normalized spacial score (nSPS) is 32.2. The van der Waals surface area contributed by atoms with Crippen LogP contribution in [-0.4, -0.2) is 92.1 Å². The van der Waals surface area contributed by atoms with Gasteiger partial charge in [-0.1, -0.05) is 62.4 Å². The van der Waals surface area contributed by atoms with E-state index in [0.717, 1.165) is 41.9 Å². The van der Waals surface area contributed by atoms with Gasteiger partial charge in [-0.25, -0.2) is 0 Å². The number of imide groups is 1. The van der Waals surface area contributed by atoms with Gasteiger partial charge >= 0.3 is 0 Å². The van der Waals surface area contributed by atoms with Crippen molar-refractivity contribution in [3.63, 3.8) is 0 Å². The minimum absolute atomic E-state index is 0.160. The van der Waals surface area contributed by atoms with Gasteiger partial charge < -0.3 is 25.0 Å². The second kappa shape index (κ2) is 16.9. The van der Waals surface area contributed by atoms with Crippen LogP contribution >= 0.6 is 0 Å². The van der Waals surface area contributed by atoms with Gasteiger partial charge in [-0.3, -0.25) is 24.1 Å². The van der Waals surface area contributed by atoms with Crippen LogP contribution in [0.15, 0.2) is 60.7 Å². The molecule has 3 unspecified atom stereocenters. The van der Waals surface area contributed by atoms with Crippen LogP contribution in [0.4, 0.5) is 5.69 Å². The number of nitrogens with one attached hydrogen (secondary N) is 2. The molecule has 2 N–H and O–H groups in total. The maximum atomic E-state index is 13.4. The van der Waals surface area contributed by atoms with E-state index in [2.05, 4.69) is 66.9 Å². The summed E-state index contributed by atoms with van der Waals surface area (Å²) in [4.78, 5) is 55.4. The topological polar surface area (TPSA) is 117 Å². The number of nitrogens with zero attached hydrogens (tertiary/aromatic N) is 2. The summed E-state index contributed by atoms with van der Waals surface area (Å²) in [5, 5.41) is 8.71. The molecule has 0 spiro atoms. The van der Waals surface area contributed by atoms with Crippen molar-refractivity contribution in [1.82, 2.24) is 15.1 Å². The highest BCUT2D eigenvalue weighted by Gasteiger charge is 2.60.